The van der Waals surface area contributed by atoms with Crippen LogP contribution in [0.3, 0.4) is 0 Å². The number of rotatable bonds is 2. The predicted octanol–water partition coefficient (Wildman–Crippen LogP) is 1.51. The average molecular weight is 231 g/mol. The van der Waals surface area contributed by atoms with Crippen molar-refractivity contribution >= 4 is 0 Å². The minimum absolute atomic E-state index is 0.422. The van der Waals surface area contributed by atoms with Crippen molar-refractivity contribution in [1.82, 2.24) is 10.3 Å². The molecule has 0 spiro atoms. The lowest BCUT2D eigenvalue weighted by Crippen LogP contribution is -2.34. The third-order valence-electron chi connectivity index (χ3n) is 4.56. The Morgan fingerprint density at radius 3 is 3.06 bits per heavy atom. The van der Waals surface area contributed by atoms with E-state index < -0.39 is 0 Å². The van der Waals surface area contributed by atoms with Crippen LogP contribution in [0, 0.1) is 11.8 Å². The van der Waals surface area contributed by atoms with E-state index in [0.29, 0.717) is 18.0 Å². The van der Waals surface area contributed by atoms with Crippen molar-refractivity contribution in [1.29, 1.82) is 0 Å². The van der Waals surface area contributed by atoms with Crippen LogP contribution in [0.25, 0.3) is 0 Å². The van der Waals surface area contributed by atoms with Gasteiger partial charge in [-0.15, -0.1) is 0 Å². The summed E-state index contributed by atoms with van der Waals surface area (Å²) in [6, 6.07) is 7.17. The first-order chi connectivity index (χ1) is 8.25. The summed E-state index contributed by atoms with van der Waals surface area (Å²) in [5.74, 6) is 2.03. The third-order valence-corrected chi connectivity index (χ3v) is 4.56. The molecule has 17 heavy (non-hydrogen) atoms. The van der Waals surface area contributed by atoms with Crippen LogP contribution in [0.5, 0.6) is 0 Å². The highest BCUT2D eigenvalue weighted by atomic mass is 15.0. The molecule has 3 heteroatoms. The number of fused-ring (bicyclic) bond motifs is 1. The first-order valence-electron chi connectivity index (χ1n) is 6.65. The molecule has 2 fully saturated rings. The van der Waals surface area contributed by atoms with Crippen molar-refractivity contribution in [2.24, 2.45) is 17.6 Å². The number of nitrogens with two attached hydrogens (primary N) is 1. The van der Waals surface area contributed by atoms with Crippen LogP contribution >= 0.6 is 0 Å². The van der Waals surface area contributed by atoms with Crippen LogP contribution in [-0.2, 0) is 0 Å². The second kappa shape index (κ2) is 4.39. The normalized spacial score (nSPS) is 38.0. The average Bonchev–Trinajstić information content (AvgIpc) is 2.88. The summed E-state index contributed by atoms with van der Waals surface area (Å²) in [6.07, 6.45) is 4.27. The fraction of sp³-hybridized carbons (Fsp3) is 0.643. The number of hydrogen-bond acceptors (Lipinski definition) is 3. The van der Waals surface area contributed by atoms with Gasteiger partial charge in [-0.1, -0.05) is 13.0 Å². The zero-order valence-electron chi connectivity index (χ0n) is 10.3. The van der Waals surface area contributed by atoms with Gasteiger partial charge in [0.1, 0.15) is 0 Å². The van der Waals surface area contributed by atoms with Gasteiger partial charge in [-0.3, -0.25) is 4.98 Å². The summed E-state index contributed by atoms with van der Waals surface area (Å²) in [6.45, 7) is 3.42. The molecule has 0 amide bonds. The summed E-state index contributed by atoms with van der Waals surface area (Å²) in [4.78, 5) is 4.49. The van der Waals surface area contributed by atoms with Gasteiger partial charge < -0.3 is 11.1 Å². The predicted molar refractivity (Wildman–Crippen MR) is 68.6 cm³/mol. The molecule has 3 nitrogen and oxygen atoms in total. The van der Waals surface area contributed by atoms with Crippen LogP contribution in [0.1, 0.15) is 31.4 Å². The lowest BCUT2D eigenvalue weighted by Gasteiger charge is -2.25. The van der Waals surface area contributed by atoms with E-state index in [1.807, 2.05) is 12.3 Å². The Bertz CT molecular complexity index is 378. The summed E-state index contributed by atoms with van der Waals surface area (Å²) >= 11 is 0. The van der Waals surface area contributed by atoms with Gasteiger partial charge in [-0.25, -0.2) is 0 Å². The highest BCUT2D eigenvalue weighted by Gasteiger charge is 2.44. The third kappa shape index (κ3) is 1.98. The van der Waals surface area contributed by atoms with Crippen molar-refractivity contribution in [2.45, 2.75) is 37.8 Å². The fourth-order valence-electron chi connectivity index (χ4n) is 3.69. The topological polar surface area (TPSA) is 50.9 Å². The molecular formula is C14H21N3. The Morgan fingerprint density at radius 2 is 2.29 bits per heavy atom. The quantitative estimate of drug-likeness (QED) is 0.811. The summed E-state index contributed by atoms with van der Waals surface area (Å²) in [5.41, 5.74) is 7.28. The molecule has 92 valence electrons. The van der Waals surface area contributed by atoms with Crippen LogP contribution < -0.4 is 11.1 Å². The Hall–Kier alpha value is -0.930. The van der Waals surface area contributed by atoms with E-state index in [1.54, 1.807) is 0 Å². The number of hydrogen-bond donors (Lipinski definition) is 2. The summed E-state index contributed by atoms with van der Waals surface area (Å²) in [7, 11) is 0. The van der Waals surface area contributed by atoms with Crippen molar-refractivity contribution in [2.75, 3.05) is 6.54 Å². The molecule has 1 saturated heterocycles. The number of nitrogens with zero attached hydrogens (tertiary/aromatic N) is 1. The highest BCUT2D eigenvalue weighted by Crippen LogP contribution is 2.41. The van der Waals surface area contributed by atoms with Crippen LogP contribution in [0.15, 0.2) is 24.4 Å². The van der Waals surface area contributed by atoms with Crippen molar-refractivity contribution in [3.63, 3.8) is 0 Å². The van der Waals surface area contributed by atoms with Gasteiger partial charge in [0.2, 0.25) is 0 Å². The molecule has 1 aliphatic carbocycles. The van der Waals surface area contributed by atoms with E-state index in [2.05, 4.69) is 29.4 Å². The van der Waals surface area contributed by atoms with Gasteiger partial charge in [0.05, 0.1) is 0 Å². The molecule has 1 aromatic heterocycles. The maximum atomic E-state index is 6.08. The second-order valence-corrected chi connectivity index (χ2v) is 5.63. The van der Waals surface area contributed by atoms with E-state index in [4.69, 9.17) is 5.73 Å². The summed E-state index contributed by atoms with van der Waals surface area (Å²) < 4.78 is 0. The molecule has 0 aromatic carbocycles. The molecule has 3 rings (SSSR count). The molecular weight excluding hydrogens is 210 g/mol. The number of pyridine rings is 1. The van der Waals surface area contributed by atoms with E-state index in [-0.39, 0.29) is 0 Å². The first-order valence-corrected chi connectivity index (χ1v) is 6.65. The van der Waals surface area contributed by atoms with E-state index in [0.717, 1.165) is 18.4 Å². The zero-order chi connectivity index (χ0) is 11.8. The Kier molecular flexibility index (Phi) is 2.89. The molecule has 1 aliphatic heterocycles. The lowest BCUT2D eigenvalue weighted by atomic mass is 9.85. The number of nitrogens with one attached hydrogen (secondary N) is 1. The van der Waals surface area contributed by atoms with E-state index >= 15 is 0 Å². The molecule has 5 atom stereocenters. The van der Waals surface area contributed by atoms with Gasteiger partial charge in [0.15, 0.2) is 0 Å². The van der Waals surface area contributed by atoms with Gasteiger partial charge in [-0.2, -0.15) is 0 Å². The van der Waals surface area contributed by atoms with Crippen molar-refractivity contribution in [3.05, 3.63) is 30.1 Å². The standard InChI is InChI=1S/C14H21N3/c1-9(13-4-2-3-5-16-13)14-12-7-11(15)6-10(12)8-17-14/h2-5,9-12,14,17H,6-8,15H2,1H3. The van der Waals surface area contributed by atoms with Gasteiger partial charge in [0, 0.05) is 29.9 Å². The SMILES string of the molecule is CC(c1ccccn1)C1NCC2CC(N)CC21. The minimum Gasteiger partial charge on any atom is -0.328 e. The minimum atomic E-state index is 0.422. The molecule has 2 aliphatic rings. The highest BCUT2D eigenvalue weighted by molar-refractivity contribution is 5.14. The van der Waals surface area contributed by atoms with Gasteiger partial charge in [-0.05, 0) is 43.4 Å². The largest absolute Gasteiger partial charge is 0.328 e. The monoisotopic (exact) mass is 231 g/mol. The molecule has 1 saturated carbocycles. The fourth-order valence-corrected chi connectivity index (χ4v) is 3.69. The van der Waals surface area contributed by atoms with Gasteiger partial charge >= 0.3 is 0 Å². The maximum absolute atomic E-state index is 6.08. The Labute approximate surface area is 103 Å². The van der Waals surface area contributed by atoms with Crippen molar-refractivity contribution < 1.29 is 0 Å². The lowest BCUT2D eigenvalue weighted by molar-refractivity contribution is 0.366. The number of aromatic nitrogens is 1. The first kappa shape index (κ1) is 11.2. The second-order valence-electron chi connectivity index (χ2n) is 5.63. The maximum Gasteiger partial charge on any atom is 0.0447 e. The molecule has 0 radical (unpaired) electrons. The molecule has 2 heterocycles. The smallest absolute Gasteiger partial charge is 0.0447 e. The van der Waals surface area contributed by atoms with E-state index in [9.17, 15) is 0 Å². The zero-order valence-corrected chi connectivity index (χ0v) is 10.3. The molecule has 0 bridgehead atoms. The van der Waals surface area contributed by atoms with Gasteiger partial charge in [0.25, 0.3) is 0 Å². The van der Waals surface area contributed by atoms with Crippen LogP contribution in [0.4, 0.5) is 0 Å². The Morgan fingerprint density at radius 1 is 1.41 bits per heavy atom. The van der Waals surface area contributed by atoms with Crippen LogP contribution in [0.2, 0.25) is 0 Å². The molecule has 1 aromatic rings. The van der Waals surface area contributed by atoms with E-state index in [1.165, 1.54) is 18.5 Å². The molecule has 5 unspecified atom stereocenters. The Balaban J connectivity index is 1.77. The molecule has 3 N–H and O–H groups in total. The summed E-state index contributed by atoms with van der Waals surface area (Å²) in [5, 5.41) is 3.68. The van der Waals surface area contributed by atoms with Crippen molar-refractivity contribution in [3.8, 4) is 0 Å². The van der Waals surface area contributed by atoms with Crippen LogP contribution in [-0.4, -0.2) is 23.6 Å².